The van der Waals surface area contributed by atoms with Crippen molar-refractivity contribution in [1.82, 2.24) is 9.97 Å². The van der Waals surface area contributed by atoms with Gasteiger partial charge in [-0.25, -0.2) is 9.97 Å². The lowest BCUT2D eigenvalue weighted by molar-refractivity contribution is -0.114. The lowest BCUT2D eigenvalue weighted by Gasteiger charge is -2.11. The van der Waals surface area contributed by atoms with Crippen molar-refractivity contribution in [3.63, 3.8) is 0 Å². The third kappa shape index (κ3) is 5.29. The van der Waals surface area contributed by atoms with Crippen molar-refractivity contribution in [2.75, 3.05) is 23.1 Å². The van der Waals surface area contributed by atoms with Gasteiger partial charge in [0.1, 0.15) is 11.4 Å². The van der Waals surface area contributed by atoms with Crippen LogP contribution in [-0.2, 0) is 4.79 Å². The molecular weight excluding hydrogens is 370 g/mol. The first kappa shape index (κ1) is 19.8. The molecule has 3 N–H and O–H groups in total. The van der Waals surface area contributed by atoms with Crippen LogP contribution in [0, 0.1) is 6.92 Å². The molecule has 0 aliphatic rings. The topological polar surface area (TPSA) is 105 Å². The van der Waals surface area contributed by atoms with Crippen LogP contribution in [0.5, 0.6) is 5.75 Å². The van der Waals surface area contributed by atoms with E-state index in [4.69, 9.17) is 4.74 Å². The van der Waals surface area contributed by atoms with Crippen molar-refractivity contribution in [3.05, 3.63) is 66.0 Å². The molecule has 0 spiro atoms. The highest BCUT2D eigenvalue weighted by Crippen LogP contribution is 2.25. The molecule has 0 atom stereocenters. The maximum Gasteiger partial charge on any atom is 0.274 e. The van der Waals surface area contributed by atoms with Crippen LogP contribution in [0.3, 0.4) is 0 Å². The number of hydrogen-bond donors (Lipinski definition) is 3. The molecule has 8 nitrogen and oxygen atoms in total. The predicted molar refractivity (Wildman–Crippen MR) is 112 cm³/mol. The number of nitrogens with zero attached hydrogens (tertiary/aromatic N) is 2. The molecule has 8 heteroatoms. The third-order valence-electron chi connectivity index (χ3n) is 3.93. The smallest absolute Gasteiger partial charge is 0.274 e. The highest BCUT2D eigenvalue weighted by atomic mass is 16.5. The minimum Gasteiger partial charge on any atom is -0.495 e. The average Bonchev–Trinajstić information content (AvgIpc) is 2.68. The Morgan fingerprint density at radius 2 is 1.79 bits per heavy atom. The molecule has 0 aliphatic heterocycles. The van der Waals surface area contributed by atoms with E-state index in [-0.39, 0.29) is 23.5 Å². The van der Waals surface area contributed by atoms with Crippen LogP contribution in [0.25, 0.3) is 0 Å². The van der Waals surface area contributed by atoms with Crippen LogP contribution in [0.4, 0.5) is 23.0 Å². The zero-order valence-electron chi connectivity index (χ0n) is 16.3. The van der Waals surface area contributed by atoms with Gasteiger partial charge in [0.2, 0.25) is 11.9 Å². The van der Waals surface area contributed by atoms with Crippen LogP contribution < -0.4 is 20.7 Å². The number of carbonyl (C=O) groups excluding carboxylic acids is 2. The largest absolute Gasteiger partial charge is 0.495 e. The monoisotopic (exact) mass is 391 g/mol. The van der Waals surface area contributed by atoms with Crippen LogP contribution in [-0.4, -0.2) is 28.9 Å². The number of aromatic nitrogens is 2. The minimum atomic E-state index is -0.383. The van der Waals surface area contributed by atoms with Crippen molar-refractivity contribution in [2.24, 2.45) is 0 Å². The van der Waals surface area contributed by atoms with E-state index >= 15 is 0 Å². The molecule has 1 heterocycles. The highest BCUT2D eigenvalue weighted by Gasteiger charge is 2.12. The Hall–Kier alpha value is -3.94. The molecule has 2 amide bonds. The van der Waals surface area contributed by atoms with Crippen molar-refractivity contribution >= 4 is 34.8 Å². The molecule has 2 aromatic carbocycles. The standard InChI is InChI=1S/C21H21N5O3/c1-13-7-8-19(29-3)18(11-13)25-20(28)17-9-10-22-21(26-17)24-16-6-4-5-15(12-16)23-14(2)27/h4-12H,1-3H3,(H,23,27)(H,25,28)(H,22,24,26). The summed E-state index contributed by atoms with van der Waals surface area (Å²) in [7, 11) is 1.54. The van der Waals surface area contributed by atoms with E-state index < -0.39 is 0 Å². The minimum absolute atomic E-state index is 0.163. The summed E-state index contributed by atoms with van der Waals surface area (Å²) in [4.78, 5) is 32.3. The van der Waals surface area contributed by atoms with Crippen LogP contribution >= 0.6 is 0 Å². The molecule has 1 aromatic heterocycles. The SMILES string of the molecule is COc1ccc(C)cc1NC(=O)c1ccnc(Nc2cccc(NC(C)=O)c2)n1. The Bertz CT molecular complexity index is 1050. The number of hydrogen-bond acceptors (Lipinski definition) is 6. The Morgan fingerprint density at radius 3 is 2.55 bits per heavy atom. The average molecular weight is 391 g/mol. The summed E-state index contributed by atoms with van der Waals surface area (Å²) in [6.07, 6.45) is 1.50. The summed E-state index contributed by atoms with van der Waals surface area (Å²) in [6.45, 7) is 3.37. The van der Waals surface area contributed by atoms with Crippen molar-refractivity contribution in [3.8, 4) is 5.75 Å². The van der Waals surface area contributed by atoms with Crippen molar-refractivity contribution in [2.45, 2.75) is 13.8 Å². The number of benzene rings is 2. The van der Waals surface area contributed by atoms with Gasteiger partial charge in [-0.15, -0.1) is 0 Å². The maximum absolute atomic E-state index is 12.6. The lowest BCUT2D eigenvalue weighted by Crippen LogP contribution is -2.15. The second kappa shape index (κ2) is 8.83. The predicted octanol–water partition coefficient (Wildman–Crippen LogP) is 3.75. The molecule has 0 aliphatic carbocycles. The van der Waals surface area contributed by atoms with Gasteiger partial charge in [0, 0.05) is 24.5 Å². The quantitative estimate of drug-likeness (QED) is 0.591. The summed E-state index contributed by atoms with van der Waals surface area (Å²) < 4.78 is 5.29. The third-order valence-corrected chi connectivity index (χ3v) is 3.93. The van der Waals surface area contributed by atoms with Gasteiger partial charge in [0.05, 0.1) is 12.8 Å². The molecule has 0 radical (unpaired) electrons. The summed E-state index contributed by atoms with van der Waals surface area (Å²) in [5, 5.41) is 8.55. The summed E-state index contributed by atoms with van der Waals surface area (Å²) in [6, 6.07) is 14.1. The van der Waals surface area contributed by atoms with Gasteiger partial charge in [-0.05, 0) is 48.9 Å². The van der Waals surface area contributed by atoms with E-state index in [9.17, 15) is 9.59 Å². The van der Waals surface area contributed by atoms with Gasteiger partial charge in [-0.2, -0.15) is 0 Å². The number of amides is 2. The molecule has 29 heavy (non-hydrogen) atoms. The first-order chi connectivity index (χ1) is 13.9. The molecule has 3 rings (SSSR count). The summed E-state index contributed by atoms with van der Waals surface area (Å²) >= 11 is 0. The molecule has 0 saturated heterocycles. The second-order valence-electron chi connectivity index (χ2n) is 6.31. The molecule has 0 saturated carbocycles. The number of methoxy groups -OCH3 is 1. The molecule has 148 valence electrons. The van der Waals surface area contributed by atoms with Gasteiger partial charge in [-0.1, -0.05) is 12.1 Å². The van der Waals surface area contributed by atoms with E-state index in [1.54, 1.807) is 37.4 Å². The van der Waals surface area contributed by atoms with Gasteiger partial charge < -0.3 is 20.7 Å². The molecule has 0 bridgehead atoms. The Kier molecular flexibility index (Phi) is 6.03. The Morgan fingerprint density at radius 1 is 1.00 bits per heavy atom. The summed E-state index contributed by atoms with van der Waals surface area (Å²) in [5.74, 6) is 0.273. The van der Waals surface area contributed by atoms with E-state index in [0.29, 0.717) is 22.8 Å². The fourth-order valence-corrected chi connectivity index (χ4v) is 2.66. The normalized spacial score (nSPS) is 10.2. The zero-order valence-corrected chi connectivity index (χ0v) is 16.3. The van der Waals surface area contributed by atoms with Gasteiger partial charge in [0.15, 0.2) is 0 Å². The van der Waals surface area contributed by atoms with E-state index in [0.717, 1.165) is 5.56 Å². The molecule has 0 unspecified atom stereocenters. The Labute approximate surface area is 168 Å². The number of rotatable bonds is 6. The second-order valence-corrected chi connectivity index (χ2v) is 6.31. The fourth-order valence-electron chi connectivity index (χ4n) is 2.66. The van der Waals surface area contributed by atoms with Gasteiger partial charge in [-0.3, -0.25) is 9.59 Å². The molecular formula is C21H21N5O3. The molecule has 0 fully saturated rings. The molecule has 3 aromatic rings. The number of nitrogens with one attached hydrogen (secondary N) is 3. The van der Waals surface area contributed by atoms with E-state index in [1.807, 2.05) is 19.1 Å². The Balaban J connectivity index is 1.77. The number of carbonyl (C=O) groups is 2. The van der Waals surface area contributed by atoms with E-state index in [1.165, 1.54) is 19.2 Å². The first-order valence-electron chi connectivity index (χ1n) is 8.88. The first-order valence-corrected chi connectivity index (χ1v) is 8.88. The van der Waals surface area contributed by atoms with Gasteiger partial charge >= 0.3 is 0 Å². The number of aryl methyl sites for hydroxylation is 1. The van der Waals surface area contributed by atoms with Crippen LogP contribution in [0.1, 0.15) is 23.0 Å². The van der Waals surface area contributed by atoms with Crippen molar-refractivity contribution < 1.29 is 14.3 Å². The number of anilines is 4. The lowest BCUT2D eigenvalue weighted by atomic mass is 10.2. The van der Waals surface area contributed by atoms with E-state index in [2.05, 4.69) is 25.9 Å². The van der Waals surface area contributed by atoms with Crippen molar-refractivity contribution in [1.29, 1.82) is 0 Å². The summed E-state index contributed by atoms with van der Waals surface area (Å²) in [5.41, 5.74) is 3.07. The highest BCUT2D eigenvalue weighted by molar-refractivity contribution is 6.03. The number of ether oxygens (including phenoxy) is 1. The van der Waals surface area contributed by atoms with Crippen LogP contribution in [0.2, 0.25) is 0 Å². The fraction of sp³-hybridized carbons (Fsp3) is 0.143. The zero-order chi connectivity index (χ0) is 20.8. The van der Waals surface area contributed by atoms with Gasteiger partial charge in [0.25, 0.3) is 5.91 Å². The maximum atomic E-state index is 12.6. The van der Waals surface area contributed by atoms with Crippen LogP contribution in [0.15, 0.2) is 54.7 Å².